The summed E-state index contributed by atoms with van der Waals surface area (Å²) >= 11 is 0. The molecule has 8 heteroatoms. The van der Waals surface area contributed by atoms with Crippen molar-refractivity contribution in [3.8, 4) is 23.1 Å². The lowest BCUT2D eigenvalue weighted by Crippen LogP contribution is -2.35. The van der Waals surface area contributed by atoms with Crippen LogP contribution >= 0.6 is 0 Å². The van der Waals surface area contributed by atoms with Crippen LogP contribution in [0, 0.1) is 11.3 Å². The van der Waals surface area contributed by atoms with Crippen LogP contribution in [0.4, 0.5) is 5.95 Å². The molecule has 1 saturated heterocycles. The number of nitrogens with two attached hydrogens (primary N) is 1. The van der Waals surface area contributed by atoms with E-state index >= 15 is 0 Å². The van der Waals surface area contributed by atoms with Crippen molar-refractivity contribution in [1.29, 1.82) is 5.26 Å². The van der Waals surface area contributed by atoms with E-state index in [4.69, 9.17) is 20.5 Å². The van der Waals surface area contributed by atoms with Crippen molar-refractivity contribution in [3.05, 3.63) is 48.0 Å². The number of carbonyl (C=O) groups excluding carboxylic acids is 1. The molecule has 1 saturated carbocycles. The molecule has 1 aromatic heterocycles. The number of aromatic nitrogens is 2. The number of fused-ring (bicyclic) bond motifs is 1. The molecule has 1 unspecified atom stereocenters. The lowest BCUT2D eigenvalue weighted by Gasteiger charge is -2.14. The number of amides is 1. The first-order chi connectivity index (χ1) is 15.0. The van der Waals surface area contributed by atoms with Gasteiger partial charge in [0.1, 0.15) is 11.6 Å². The van der Waals surface area contributed by atoms with Crippen LogP contribution < -0.4 is 15.8 Å². The van der Waals surface area contributed by atoms with Gasteiger partial charge in [0.25, 0.3) is 5.91 Å². The van der Waals surface area contributed by atoms with Crippen LogP contribution in [0.1, 0.15) is 29.6 Å². The number of anilines is 1. The second-order valence-electron chi connectivity index (χ2n) is 7.95. The average Bonchev–Trinajstić information content (AvgIpc) is 3.36. The Morgan fingerprint density at radius 2 is 1.97 bits per heavy atom. The van der Waals surface area contributed by atoms with Gasteiger partial charge in [-0.15, -0.1) is 0 Å². The molecule has 2 heterocycles. The molecule has 3 aromatic rings. The number of hydrogen-bond donors (Lipinski definition) is 2. The Morgan fingerprint density at radius 1 is 1.19 bits per heavy atom. The van der Waals surface area contributed by atoms with Crippen molar-refractivity contribution in [2.24, 2.45) is 0 Å². The Hall–Kier alpha value is -3.70. The molecule has 0 spiro atoms. The Morgan fingerprint density at radius 3 is 2.65 bits per heavy atom. The molecule has 0 bridgehead atoms. The van der Waals surface area contributed by atoms with Gasteiger partial charge in [0.2, 0.25) is 11.8 Å². The predicted octanol–water partition coefficient (Wildman–Crippen LogP) is 2.83. The van der Waals surface area contributed by atoms with Crippen molar-refractivity contribution >= 4 is 22.8 Å². The van der Waals surface area contributed by atoms with Gasteiger partial charge in [0.05, 0.1) is 30.2 Å². The lowest BCUT2D eigenvalue weighted by atomic mass is 10.0. The van der Waals surface area contributed by atoms with Crippen molar-refractivity contribution < 1.29 is 14.3 Å². The predicted molar refractivity (Wildman–Crippen MR) is 114 cm³/mol. The van der Waals surface area contributed by atoms with E-state index in [1.807, 2.05) is 30.3 Å². The number of nitrogen functional groups attached to an aromatic ring is 1. The van der Waals surface area contributed by atoms with Crippen LogP contribution in [0.15, 0.2) is 42.5 Å². The maximum absolute atomic E-state index is 12.4. The van der Waals surface area contributed by atoms with Crippen LogP contribution in [0.3, 0.4) is 0 Å². The third-order valence-electron chi connectivity index (χ3n) is 5.64. The summed E-state index contributed by atoms with van der Waals surface area (Å²) in [5, 5.41) is 12.7. The quantitative estimate of drug-likeness (QED) is 0.657. The van der Waals surface area contributed by atoms with Crippen molar-refractivity contribution in [2.45, 2.75) is 30.9 Å². The number of nitrogens with zero attached hydrogens (tertiary/aromatic N) is 3. The van der Waals surface area contributed by atoms with E-state index in [9.17, 15) is 4.79 Å². The standard InChI is InChI=1S/C23H21N5O3/c24-13-23(8-9-23)28-20(29)15-3-1-14(2-4-15)16-5-6-19-18(11-16)21(27-22(25)26-19)31-17-7-10-30-12-17/h1-6,11,17H,7-10,12H2,(H,28,29)(H2,25,26,27). The van der Waals surface area contributed by atoms with Crippen LogP contribution in [-0.2, 0) is 4.74 Å². The molecule has 2 aromatic carbocycles. The summed E-state index contributed by atoms with van der Waals surface area (Å²) < 4.78 is 11.4. The monoisotopic (exact) mass is 415 g/mol. The fourth-order valence-corrected chi connectivity index (χ4v) is 3.64. The summed E-state index contributed by atoms with van der Waals surface area (Å²) in [5.41, 5.74) is 8.28. The van der Waals surface area contributed by atoms with Gasteiger partial charge >= 0.3 is 0 Å². The van der Waals surface area contributed by atoms with E-state index in [2.05, 4.69) is 21.4 Å². The molecule has 5 rings (SSSR count). The van der Waals surface area contributed by atoms with Gasteiger partial charge in [-0.25, -0.2) is 4.98 Å². The van der Waals surface area contributed by atoms with Crippen LogP contribution in [0.5, 0.6) is 5.88 Å². The molecule has 1 atom stereocenters. The number of nitrogens with one attached hydrogen (secondary N) is 1. The Labute approximate surface area is 179 Å². The average molecular weight is 415 g/mol. The van der Waals surface area contributed by atoms with Crippen molar-refractivity contribution in [2.75, 3.05) is 18.9 Å². The molecule has 1 aliphatic carbocycles. The third-order valence-corrected chi connectivity index (χ3v) is 5.64. The minimum Gasteiger partial charge on any atom is -0.471 e. The molecule has 1 amide bonds. The zero-order valence-electron chi connectivity index (χ0n) is 16.8. The molecule has 3 N–H and O–H groups in total. The summed E-state index contributed by atoms with van der Waals surface area (Å²) in [6, 6.07) is 15.2. The molecule has 2 aliphatic rings. The first-order valence-corrected chi connectivity index (χ1v) is 10.2. The minimum atomic E-state index is -0.684. The fourth-order valence-electron chi connectivity index (χ4n) is 3.64. The highest BCUT2D eigenvalue weighted by Crippen LogP contribution is 2.35. The van der Waals surface area contributed by atoms with Crippen molar-refractivity contribution in [1.82, 2.24) is 15.3 Å². The van der Waals surface area contributed by atoms with Crippen LogP contribution in [-0.4, -0.2) is 40.7 Å². The van der Waals surface area contributed by atoms with Gasteiger partial charge in [-0.05, 0) is 48.2 Å². The van der Waals surface area contributed by atoms with E-state index < -0.39 is 5.54 Å². The van der Waals surface area contributed by atoms with E-state index in [0.717, 1.165) is 22.9 Å². The summed E-state index contributed by atoms with van der Waals surface area (Å²) in [4.78, 5) is 21.0. The van der Waals surface area contributed by atoms with Gasteiger partial charge in [-0.3, -0.25) is 4.79 Å². The molecule has 31 heavy (non-hydrogen) atoms. The Bertz CT molecular complexity index is 1190. The zero-order chi connectivity index (χ0) is 21.4. The molecule has 0 radical (unpaired) electrons. The van der Waals surface area contributed by atoms with Gasteiger partial charge in [-0.1, -0.05) is 18.2 Å². The van der Waals surface area contributed by atoms with Gasteiger partial charge in [0, 0.05) is 12.0 Å². The zero-order valence-corrected chi connectivity index (χ0v) is 16.8. The SMILES string of the molecule is N#CC1(NC(=O)c2ccc(-c3ccc4nc(N)nc(OC5CCOC5)c4c3)cc2)CC1. The number of ether oxygens (including phenoxy) is 2. The second-order valence-corrected chi connectivity index (χ2v) is 7.95. The number of nitriles is 1. The highest BCUT2D eigenvalue weighted by atomic mass is 16.5. The topological polar surface area (TPSA) is 123 Å². The second kappa shape index (κ2) is 7.52. The number of benzene rings is 2. The number of rotatable bonds is 5. The maximum atomic E-state index is 12.4. The summed E-state index contributed by atoms with van der Waals surface area (Å²) in [7, 11) is 0. The molecule has 2 fully saturated rings. The largest absolute Gasteiger partial charge is 0.471 e. The van der Waals surface area contributed by atoms with E-state index in [-0.39, 0.29) is 18.0 Å². The van der Waals surface area contributed by atoms with Crippen LogP contribution in [0.25, 0.3) is 22.0 Å². The maximum Gasteiger partial charge on any atom is 0.252 e. The van der Waals surface area contributed by atoms with Crippen molar-refractivity contribution in [3.63, 3.8) is 0 Å². The summed E-state index contributed by atoms with van der Waals surface area (Å²) in [5.74, 6) is 0.375. The Kier molecular flexibility index (Phi) is 4.68. The summed E-state index contributed by atoms with van der Waals surface area (Å²) in [6.45, 7) is 1.20. The lowest BCUT2D eigenvalue weighted by molar-refractivity contribution is 0.0941. The molecule has 8 nitrogen and oxygen atoms in total. The number of hydrogen-bond acceptors (Lipinski definition) is 7. The summed E-state index contributed by atoms with van der Waals surface area (Å²) in [6.07, 6.45) is 2.16. The van der Waals surface area contributed by atoms with E-state index in [1.165, 1.54) is 0 Å². The first kappa shape index (κ1) is 19.3. The highest BCUT2D eigenvalue weighted by molar-refractivity contribution is 5.96. The number of carbonyl (C=O) groups is 1. The van der Waals surface area contributed by atoms with Gasteiger partial charge in [0.15, 0.2) is 0 Å². The van der Waals surface area contributed by atoms with E-state index in [1.54, 1.807) is 12.1 Å². The molecule has 156 valence electrons. The fraction of sp³-hybridized carbons (Fsp3) is 0.304. The highest BCUT2D eigenvalue weighted by Gasteiger charge is 2.44. The van der Waals surface area contributed by atoms with E-state index in [0.29, 0.717) is 43.0 Å². The smallest absolute Gasteiger partial charge is 0.252 e. The van der Waals surface area contributed by atoms with Crippen LogP contribution in [0.2, 0.25) is 0 Å². The molecular weight excluding hydrogens is 394 g/mol. The first-order valence-electron chi connectivity index (χ1n) is 10.2. The molecular formula is C23H21N5O3. The third kappa shape index (κ3) is 3.88. The normalized spacial score (nSPS) is 19.0. The Balaban J connectivity index is 1.42. The van der Waals surface area contributed by atoms with Gasteiger partial charge < -0.3 is 20.5 Å². The minimum absolute atomic E-state index is 0.0536. The van der Waals surface area contributed by atoms with Gasteiger partial charge in [-0.2, -0.15) is 10.2 Å². The molecule has 1 aliphatic heterocycles.